The fraction of sp³-hybridized carbons (Fsp3) is 0.250. The van der Waals surface area contributed by atoms with E-state index in [1.807, 2.05) is 109 Å². The SMILES string of the molecule is O=C(OCc1ccccc1)N1C[C@H](OCc2ccccc2)[C@@H](OCc2ccccc2)[C@H]1Cc1cccnc1. The standard InChI is InChI=1S/C32H32N2O4/c35-32(38-24-27-15-8-3-9-16-27)34-21-30(36-22-25-11-4-1-5-12-25)31(37-23-26-13-6-2-7-14-26)29(34)19-28-17-10-18-33-20-28/h1-18,20,29-31H,19,21-24H2/t29-,30+,31+/m1/s1. The van der Waals surface area contributed by atoms with Crippen LogP contribution >= 0.6 is 0 Å². The van der Waals surface area contributed by atoms with E-state index in [1.165, 1.54) is 0 Å². The van der Waals surface area contributed by atoms with Gasteiger partial charge in [-0.25, -0.2) is 4.79 Å². The summed E-state index contributed by atoms with van der Waals surface area (Å²) in [6, 6.07) is 33.5. The lowest BCUT2D eigenvalue weighted by atomic mass is 10.0. The van der Waals surface area contributed by atoms with E-state index in [-0.39, 0.29) is 30.9 Å². The third-order valence-corrected chi connectivity index (χ3v) is 6.72. The first-order chi connectivity index (χ1) is 18.8. The molecule has 0 N–H and O–H groups in total. The molecule has 1 aliphatic rings. The van der Waals surface area contributed by atoms with Crippen LogP contribution in [0.1, 0.15) is 22.3 Å². The van der Waals surface area contributed by atoms with E-state index < -0.39 is 0 Å². The van der Waals surface area contributed by atoms with Gasteiger partial charge in [-0.05, 0) is 34.7 Å². The molecule has 1 aromatic heterocycles. The molecule has 194 valence electrons. The van der Waals surface area contributed by atoms with Gasteiger partial charge in [0.05, 0.1) is 25.8 Å². The van der Waals surface area contributed by atoms with Crippen LogP contribution in [0.2, 0.25) is 0 Å². The molecule has 1 aliphatic heterocycles. The average Bonchev–Trinajstić information content (AvgIpc) is 3.32. The predicted molar refractivity (Wildman–Crippen MR) is 145 cm³/mol. The predicted octanol–water partition coefficient (Wildman–Crippen LogP) is 5.82. The summed E-state index contributed by atoms with van der Waals surface area (Å²) in [5.41, 5.74) is 4.11. The second-order valence-electron chi connectivity index (χ2n) is 9.42. The Morgan fingerprint density at radius 2 is 1.26 bits per heavy atom. The van der Waals surface area contributed by atoms with Crippen LogP contribution in [0.15, 0.2) is 116 Å². The van der Waals surface area contributed by atoms with Gasteiger partial charge in [-0.2, -0.15) is 0 Å². The molecule has 0 radical (unpaired) electrons. The van der Waals surface area contributed by atoms with Crippen molar-refractivity contribution >= 4 is 6.09 Å². The van der Waals surface area contributed by atoms with E-state index >= 15 is 0 Å². The number of benzene rings is 3. The van der Waals surface area contributed by atoms with Crippen molar-refractivity contribution in [2.75, 3.05) is 6.54 Å². The minimum absolute atomic E-state index is 0.209. The lowest BCUT2D eigenvalue weighted by Crippen LogP contribution is -2.42. The smallest absolute Gasteiger partial charge is 0.410 e. The molecule has 5 rings (SSSR count). The van der Waals surface area contributed by atoms with E-state index in [1.54, 1.807) is 11.1 Å². The molecule has 1 fully saturated rings. The highest BCUT2D eigenvalue weighted by Crippen LogP contribution is 2.29. The molecule has 0 saturated carbocycles. The van der Waals surface area contributed by atoms with Crippen molar-refractivity contribution in [3.8, 4) is 0 Å². The lowest BCUT2D eigenvalue weighted by Gasteiger charge is -2.28. The number of hydrogen-bond acceptors (Lipinski definition) is 5. The summed E-state index contributed by atoms with van der Waals surface area (Å²) in [5, 5.41) is 0. The summed E-state index contributed by atoms with van der Waals surface area (Å²) in [6.07, 6.45) is 3.13. The first-order valence-corrected chi connectivity index (χ1v) is 12.9. The van der Waals surface area contributed by atoms with Crippen LogP contribution in [-0.2, 0) is 40.5 Å². The van der Waals surface area contributed by atoms with Gasteiger partial charge in [0, 0.05) is 12.4 Å². The number of likely N-dealkylation sites (tertiary alicyclic amines) is 1. The van der Waals surface area contributed by atoms with Crippen molar-refractivity contribution in [1.82, 2.24) is 9.88 Å². The van der Waals surface area contributed by atoms with Crippen molar-refractivity contribution in [1.29, 1.82) is 0 Å². The van der Waals surface area contributed by atoms with E-state index in [0.29, 0.717) is 26.2 Å². The third-order valence-electron chi connectivity index (χ3n) is 6.72. The van der Waals surface area contributed by atoms with Gasteiger partial charge in [-0.1, -0.05) is 97.1 Å². The Morgan fingerprint density at radius 1 is 0.711 bits per heavy atom. The lowest BCUT2D eigenvalue weighted by molar-refractivity contribution is -0.0707. The summed E-state index contributed by atoms with van der Waals surface area (Å²) in [6.45, 7) is 1.45. The van der Waals surface area contributed by atoms with Crippen LogP contribution < -0.4 is 0 Å². The molecule has 0 bridgehead atoms. The van der Waals surface area contributed by atoms with E-state index in [4.69, 9.17) is 14.2 Å². The molecule has 3 atom stereocenters. The monoisotopic (exact) mass is 508 g/mol. The van der Waals surface area contributed by atoms with Crippen LogP contribution in [0.5, 0.6) is 0 Å². The minimum atomic E-state index is -0.373. The Labute approximate surface area is 223 Å². The van der Waals surface area contributed by atoms with E-state index in [9.17, 15) is 4.79 Å². The highest BCUT2D eigenvalue weighted by atomic mass is 16.6. The molecule has 3 aromatic carbocycles. The Balaban J connectivity index is 1.37. The molecule has 0 spiro atoms. The van der Waals surface area contributed by atoms with Crippen LogP contribution in [-0.4, -0.2) is 40.8 Å². The molecule has 6 nitrogen and oxygen atoms in total. The van der Waals surface area contributed by atoms with E-state index in [2.05, 4.69) is 4.98 Å². The summed E-state index contributed by atoms with van der Waals surface area (Å²) in [5.74, 6) is 0. The van der Waals surface area contributed by atoms with Gasteiger partial charge in [0.1, 0.15) is 18.8 Å². The molecule has 4 aromatic rings. The van der Waals surface area contributed by atoms with Crippen molar-refractivity contribution in [3.63, 3.8) is 0 Å². The zero-order valence-corrected chi connectivity index (χ0v) is 21.3. The average molecular weight is 509 g/mol. The second kappa shape index (κ2) is 13.0. The Hall–Kier alpha value is -4.00. The third kappa shape index (κ3) is 6.85. The summed E-state index contributed by atoms with van der Waals surface area (Å²) < 4.78 is 18.7. The van der Waals surface area contributed by atoms with Crippen LogP contribution in [0.4, 0.5) is 4.79 Å². The van der Waals surface area contributed by atoms with Crippen LogP contribution in [0.25, 0.3) is 0 Å². The normalized spacial score (nSPS) is 18.8. The maximum absolute atomic E-state index is 13.4. The van der Waals surface area contributed by atoms with Gasteiger partial charge in [-0.3, -0.25) is 9.88 Å². The van der Waals surface area contributed by atoms with Gasteiger partial charge in [0.15, 0.2) is 0 Å². The maximum Gasteiger partial charge on any atom is 0.410 e. The quantitative estimate of drug-likeness (QED) is 0.270. The van der Waals surface area contributed by atoms with Gasteiger partial charge in [0.2, 0.25) is 0 Å². The van der Waals surface area contributed by atoms with Gasteiger partial charge in [0.25, 0.3) is 0 Å². The number of ether oxygens (including phenoxy) is 3. The summed E-state index contributed by atoms with van der Waals surface area (Å²) >= 11 is 0. The number of carbonyl (C=O) groups is 1. The number of pyridine rings is 1. The van der Waals surface area contributed by atoms with Gasteiger partial charge >= 0.3 is 6.09 Å². The Bertz CT molecular complexity index is 1260. The van der Waals surface area contributed by atoms with Gasteiger partial charge in [-0.15, -0.1) is 0 Å². The molecule has 1 amide bonds. The highest BCUT2D eigenvalue weighted by Gasteiger charge is 2.46. The number of carbonyl (C=O) groups excluding carboxylic acids is 1. The molecule has 0 unspecified atom stereocenters. The maximum atomic E-state index is 13.4. The van der Waals surface area contributed by atoms with Crippen molar-refractivity contribution in [3.05, 3.63) is 138 Å². The number of hydrogen-bond donors (Lipinski definition) is 0. The van der Waals surface area contributed by atoms with Crippen molar-refractivity contribution in [2.45, 2.75) is 44.5 Å². The number of rotatable bonds is 10. The zero-order chi connectivity index (χ0) is 26.0. The van der Waals surface area contributed by atoms with Crippen LogP contribution in [0, 0.1) is 0 Å². The minimum Gasteiger partial charge on any atom is -0.445 e. The molecular weight excluding hydrogens is 476 g/mol. The summed E-state index contributed by atoms with van der Waals surface area (Å²) in [7, 11) is 0. The molecule has 2 heterocycles. The first kappa shape index (κ1) is 25.6. The zero-order valence-electron chi connectivity index (χ0n) is 21.3. The fourth-order valence-electron chi connectivity index (χ4n) is 4.77. The van der Waals surface area contributed by atoms with Gasteiger partial charge < -0.3 is 14.2 Å². The number of amides is 1. The molecule has 0 aliphatic carbocycles. The second-order valence-corrected chi connectivity index (χ2v) is 9.42. The van der Waals surface area contributed by atoms with Crippen molar-refractivity contribution in [2.24, 2.45) is 0 Å². The Morgan fingerprint density at radius 3 is 1.84 bits per heavy atom. The Kier molecular flexibility index (Phi) is 8.77. The largest absolute Gasteiger partial charge is 0.445 e. The highest BCUT2D eigenvalue weighted by molar-refractivity contribution is 5.69. The molecule has 1 saturated heterocycles. The first-order valence-electron chi connectivity index (χ1n) is 12.9. The van der Waals surface area contributed by atoms with Crippen molar-refractivity contribution < 1.29 is 19.0 Å². The molecular formula is C32H32N2O4. The van der Waals surface area contributed by atoms with E-state index in [0.717, 1.165) is 22.3 Å². The fourth-order valence-corrected chi connectivity index (χ4v) is 4.77. The molecule has 38 heavy (non-hydrogen) atoms. The summed E-state index contributed by atoms with van der Waals surface area (Å²) in [4.78, 5) is 19.5. The number of nitrogens with zero attached hydrogens (tertiary/aromatic N) is 2. The molecule has 6 heteroatoms. The number of aromatic nitrogens is 1. The van der Waals surface area contributed by atoms with Crippen LogP contribution in [0.3, 0.4) is 0 Å². The topological polar surface area (TPSA) is 60.9 Å².